The second-order valence-electron chi connectivity index (χ2n) is 0. The Morgan fingerprint density at radius 1 is 0.455 bits per heavy atom. The monoisotopic (exact) mass is 483 g/mol. The van der Waals surface area contributed by atoms with Crippen LogP contribution in [0, 0.1) is 0 Å². The largest absolute Gasteiger partial charge is 5.00 e. The summed E-state index contributed by atoms with van der Waals surface area (Å²) in [6.45, 7) is 0. The summed E-state index contributed by atoms with van der Waals surface area (Å²) < 4.78 is 0. The van der Waals surface area contributed by atoms with Crippen molar-refractivity contribution in [1.29, 1.82) is 0 Å². The van der Waals surface area contributed by atoms with Crippen molar-refractivity contribution in [1.82, 2.24) is 0 Å². The average molecular weight is 482 g/mol. The maximum Gasteiger partial charge on any atom is 5.00 e. The molecule has 11 heteroatoms. The van der Waals surface area contributed by atoms with Crippen LogP contribution in [0.1, 0.15) is 0 Å². The SMILES string of the molecule is [Be+2].[Nb+5].[O-2].[O-2].[O-2].[O-2].[O-2].[O-2].[O-2].[Sr+2].[Ta+5]. The standard InChI is InChI=1S/Be.Nb.7O.Sr.Ta/q+2;+5;7*-2;+2;+5. The molecule has 56 valence electrons. The minimum absolute atomic E-state index is 0. The first-order chi connectivity index (χ1) is 0. The van der Waals surface area contributed by atoms with Gasteiger partial charge in [-0.25, -0.2) is 0 Å². The van der Waals surface area contributed by atoms with E-state index in [2.05, 4.69) is 0 Å². The molecule has 0 rings (SSSR count). The van der Waals surface area contributed by atoms with E-state index in [0.717, 1.165) is 0 Å². The van der Waals surface area contributed by atoms with Gasteiger partial charge < -0.3 is 38.3 Å². The molecule has 0 radical (unpaired) electrons. The van der Waals surface area contributed by atoms with Gasteiger partial charge in [-0.05, 0) is 0 Å². The van der Waals surface area contributed by atoms with E-state index in [9.17, 15) is 0 Å². The third kappa shape index (κ3) is 186. The van der Waals surface area contributed by atoms with Crippen molar-refractivity contribution in [2.24, 2.45) is 0 Å². The zero-order chi connectivity index (χ0) is 0. The molecule has 0 amide bonds. The third-order valence-electron chi connectivity index (χ3n) is 0. The third-order valence-corrected chi connectivity index (χ3v) is 0. The molecule has 0 bridgehead atoms. The second kappa shape index (κ2) is 222. The second-order valence-corrected chi connectivity index (χ2v) is 0. The summed E-state index contributed by atoms with van der Waals surface area (Å²) >= 11 is 0. The van der Waals surface area contributed by atoms with Gasteiger partial charge in [-0.1, -0.05) is 0 Å². The molecule has 0 atom stereocenters. The quantitative estimate of drug-likeness (QED) is 0.359. The van der Waals surface area contributed by atoms with Crippen molar-refractivity contribution < 1.29 is 83.1 Å². The van der Waals surface area contributed by atoms with Crippen molar-refractivity contribution in [2.45, 2.75) is 0 Å². The Bertz CT molecular complexity index is 18.4. The molecule has 0 saturated carbocycles. The molecule has 0 N–H and O–H groups in total. The van der Waals surface area contributed by atoms with Gasteiger partial charge in [0, 0.05) is 0 Å². The fourth-order valence-corrected chi connectivity index (χ4v) is 0. The predicted octanol–water partition coefficient (Wildman–Crippen LogP) is -1.60. The Hall–Kier alpha value is 2.85. The van der Waals surface area contributed by atoms with Gasteiger partial charge in [0.1, 0.15) is 0 Å². The van der Waals surface area contributed by atoms with Crippen molar-refractivity contribution in [2.75, 3.05) is 0 Å². The number of hydrogen-bond donors (Lipinski definition) is 0. The zero-order valence-electron chi connectivity index (χ0n) is 5.17. The van der Waals surface area contributed by atoms with E-state index in [1.807, 2.05) is 0 Å². The summed E-state index contributed by atoms with van der Waals surface area (Å²) in [5.41, 5.74) is 0. The first-order valence-corrected chi connectivity index (χ1v) is 0. The van der Waals surface area contributed by atoms with E-state index >= 15 is 0 Å². The molecule has 0 aliphatic carbocycles. The molecular formula is BeNbO7SrTa. The fraction of sp³-hybridized carbons (Fsp3) is 0. The van der Waals surface area contributed by atoms with Gasteiger partial charge in [-0.15, -0.1) is 0 Å². The average Bonchev–Trinajstić information content (AvgIpc) is 0. The molecule has 0 saturated heterocycles. The van der Waals surface area contributed by atoms with E-state index in [4.69, 9.17) is 0 Å². The minimum atomic E-state index is 0. The van der Waals surface area contributed by atoms with Crippen molar-refractivity contribution >= 4 is 55.6 Å². The summed E-state index contributed by atoms with van der Waals surface area (Å²) in [5, 5.41) is 0. The Labute approximate surface area is 136 Å². The molecule has 0 heterocycles. The number of hydrogen-bond acceptors (Lipinski definition) is 0. The summed E-state index contributed by atoms with van der Waals surface area (Å²) in [6, 6.07) is 0. The molecule has 11 heavy (non-hydrogen) atoms. The zero-order valence-corrected chi connectivity index (χ0v) is 14.1. The topological polar surface area (TPSA) is 200 Å². The van der Waals surface area contributed by atoms with Gasteiger partial charge in [0.2, 0.25) is 0 Å². The maximum atomic E-state index is 0. The van der Waals surface area contributed by atoms with Crippen LogP contribution in [0.3, 0.4) is 0 Å². The van der Waals surface area contributed by atoms with Crippen LogP contribution in [-0.4, -0.2) is 55.6 Å². The van der Waals surface area contributed by atoms with Gasteiger partial charge in [0.05, 0.1) is 0 Å². The molecule has 0 aromatic heterocycles. The molecular weight excluding hydrogens is 482 g/mol. The summed E-state index contributed by atoms with van der Waals surface area (Å²) in [4.78, 5) is 0. The van der Waals surface area contributed by atoms with Crippen molar-refractivity contribution in [3.63, 3.8) is 0 Å². The Morgan fingerprint density at radius 2 is 0.455 bits per heavy atom. The molecule has 0 aromatic carbocycles. The smallest absolute Gasteiger partial charge is 2.00 e. The predicted molar refractivity (Wildman–Crippen MR) is 16.3 cm³/mol. The molecule has 0 aliphatic rings. The van der Waals surface area contributed by atoms with Crippen LogP contribution in [0.5, 0.6) is 0 Å². The van der Waals surface area contributed by atoms with Gasteiger partial charge in [0.15, 0.2) is 0 Å². The van der Waals surface area contributed by atoms with Crippen LogP contribution < -0.4 is 0 Å². The Balaban J connectivity index is 0. The summed E-state index contributed by atoms with van der Waals surface area (Å²) in [6.07, 6.45) is 0. The fourth-order valence-electron chi connectivity index (χ4n) is 0. The molecule has 0 spiro atoms. The molecule has 0 unspecified atom stereocenters. The van der Waals surface area contributed by atoms with Crippen LogP contribution in [0.4, 0.5) is 0 Å². The van der Waals surface area contributed by atoms with Crippen LogP contribution in [0.15, 0.2) is 0 Å². The van der Waals surface area contributed by atoms with Gasteiger partial charge in [-0.3, -0.25) is 0 Å². The Kier molecular flexibility index (Phi) is 5690. The van der Waals surface area contributed by atoms with Crippen LogP contribution in [0.25, 0.3) is 0 Å². The number of rotatable bonds is 0. The minimum Gasteiger partial charge on any atom is -2.00 e. The van der Waals surface area contributed by atoms with Crippen molar-refractivity contribution in [3.8, 4) is 0 Å². The van der Waals surface area contributed by atoms with E-state index in [0.29, 0.717) is 0 Å². The maximum absolute atomic E-state index is 0. The van der Waals surface area contributed by atoms with E-state index in [1.165, 1.54) is 0 Å². The molecule has 0 aliphatic heterocycles. The van der Waals surface area contributed by atoms with E-state index in [1.54, 1.807) is 0 Å². The van der Waals surface area contributed by atoms with Crippen LogP contribution in [-0.2, 0) is 83.1 Å². The summed E-state index contributed by atoms with van der Waals surface area (Å²) in [7, 11) is 0. The summed E-state index contributed by atoms with van der Waals surface area (Å²) in [5.74, 6) is 0. The Morgan fingerprint density at radius 3 is 0.455 bits per heavy atom. The first-order valence-electron chi connectivity index (χ1n) is 0. The molecule has 7 nitrogen and oxygen atoms in total. The first kappa shape index (κ1) is 282. The van der Waals surface area contributed by atoms with Gasteiger partial charge in [-0.2, -0.15) is 0 Å². The van der Waals surface area contributed by atoms with E-state index < -0.39 is 0 Å². The molecule has 0 aromatic rings. The van der Waals surface area contributed by atoms with Crippen LogP contribution >= 0.6 is 0 Å². The normalized spacial score (nSPS) is 0. The van der Waals surface area contributed by atoms with E-state index in [-0.39, 0.29) is 139 Å². The van der Waals surface area contributed by atoms with Gasteiger partial charge >= 0.3 is 100 Å². The van der Waals surface area contributed by atoms with Gasteiger partial charge in [0.25, 0.3) is 0 Å². The molecule has 0 fully saturated rings. The van der Waals surface area contributed by atoms with Crippen LogP contribution in [0.2, 0.25) is 0 Å². The van der Waals surface area contributed by atoms with Crippen molar-refractivity contribution in [3.05, 3.63) is 0 Å².